The average Bonchev–Trinajstić information content (AvgIpc) is 2.28. The van der Waals surface area contributed by atoms with Crippen molar-refractivity contribution in [1.29, 1.82) is 0 Å². The second-order valence-electron chi connectivity index (χ2n) is 4.52. The molecule has 0 aromatic heterocycles. The Kier molecular flexibility index (Phi) is 1.90. The van der Waals surface area contributed by atoms with Crippen LogP contribution in [0, 0.1) is 0 Å². The molecule has 2 fully saturated rings. The lowest BCUT2D eigenvalue weighted by atomic mass is 10.1. The van der Waals surface area contributed by atoms with Gasteiger partial charge in [-0.25, -0.2) is 0 Å². The van der Waals surface area contributed by atoms with Gasteiger partial charge in [0.2, 0.25) is 0 Å². The summed E-state index contributed by atoms with van der Waals surface area (Å²) in [5, 5.41) is 0. The van der Waals surface area contributed by atoms with Crippen molar-refractivity contribution in [2.45, 2.75) is 44.6 Å². The van der Waals surface area contributed by atoms with Crippen molar-refractivity contribution in [3.8, 4) is 0 Å². The Morgan fingerprint density at radius 3 is 2.17 bits per heavy atom. The van der Waals surface area contributed by atoms with Gasteiger partial charge in [0.1, 0.15) is 0 Å². The van der Waals surface area contributed by atoms with E-state index >= 15 is 0 Å². The van der Waals surface area contributed by atoms with Gasteiger partial charge in [-0.05, 0) is 26.7 Å². The van der Waals surface area contributed by atoms with Gasteiger partial charge in [-0.2, -0.15) is 0 Å². The first-order chi connectivity index (χ1) is 5.55. The first kappa shape index (κ1) is 8.48. The van der Waals surface area contributed by atoms with Crippen molar-refractivity contribution in [3.63, 3.8) is 0 Å². The molecule has 0 aromatic carbocycles. The van der Waals surface area contributed by atoms with Gasteiger partial charge in [-0.1, -0.05) is 0 Å². The zero-order valence-corrected chi connectivity index (χ0v) is 7.92. The standard InChI is InChI=1S/C9H18N2O/c1-9(2,10)11-5-7-3-4-8(6-11)12-7/h7-8H,3-6,10H2,1-2H3. The fourth-order valence-corrected chi connectivity index (χ4v) is 2.09. The van der Waals surface area contributed by atoms with Gasteiger partial charge in [0.05, 0.1) is 17.9 Å². The highest BCUT2D eigenvalue weighted by Crippen LogP contribution is 2.28. The van der Waals surface area contributed by atoms with Crippen molar-refractivity contribution in [3.05, 3.63) is 0 Å². The molecule has 0 aromatic rings. The molecular formula is C9H18N2O. The highest BCUT2D eigenvalue weighted by Gasteiger charge is 2.37. The maximum atomic E-state index is 6.03. The molecule has 2 unspecified atom stereocenters. The van der Waals surface area contributed by atoms with Crippen LogP contribution in [0.4, 0.5) is 0 Å². The normalized spacial score (nSPS) is 37.2. The van der Waals surface area contributed by atoms with E-state index in [0.29, 0.717) is 12.2 Å². The molecule has 0 saturated carbocycles. The second-order valence-corrected chi connectivity index (χ2v) is 4.52. The molecule has 2 saturated heterocycles. The van der Waals surface area contributed by atoms with Crippen molar-refractivity contribution < 1.29 is 4.74 Å². The molecule has 0 aliphatic carbocycles. The van der Waals surface area contributed by atoms with E-state index in [1.807, 2.05) is 0 Å². The Balaban J connectivity index is 2.03. The quantitative estimate of drug-likeness (QED) is 0.624. The van der Waals surface area contributed by atoms with Crippen molar-refractivity contribution in [2.75, 3.05) is 13.1 Å². The summed E-state index contributed by atoms with van der Waals surface area (Å²) in [7, 11) is 0. The summed E-state index contributed by atoms with van der Waals surface area (Å²) < 4.78 is 5.73. The molecule has 2 atom stereocenters. The van der Waals surface area contributed by atoms with Crippen molar-refractivity contribution in [1.82, 2.24) is 4.90 Å². The van der Waals surface area contributed by atoms with Crippen LogP contribution in [0.1, 0.15) is 26.7 Å². The third-order valence-electron chi connectivity index (χ3n) is 2.86. The van der Waals surface area contributed by atoms with E-state index in [1.54, 1.807) is 0 Å². The van der Waals surface area contributed by atoms with E-state index in [1.165, 1.54) is 12.8 Å². The number of nitrogens with zero attached hydrogens (tertiary/aromatic N) is 1. The molecule has 3 heteroatoms. The predicted molar refractivity (Wildman–Crippen MR) is 47.7 cm³/mol. The molecular weight excluding hydrogens is 152 g/mol. The predicted octanol–water partition coefficient (Wildman–Crippen LogP) is 0.544. The molecule has 0 radical (unpaired) electrons. The van der Waals surface area contributed by atoms with E-state index in [0.717, 1.165) is 13.1 Å². The van der Waals surface area contributed by atoms with Gasteiger partial charge in [0.15, 0.2) is 0 Å². The van der Waals surface area contributed by atoms with Crippen LogP contribution < -0.4 is 5.73 Å². The van der Waals surface area contributed by atoms with Crippen molar-refractivity contribution in [2.24, 2.45) is 5.73 Å². The minimum absolute atomic E-state index is 0.176. The number of hydrogen-bond donors (Lipinski definition) is 1. The molecule has 2 N–H and O–H groups in total. The third-order valence-corrected chi connectivity index (χ3v) is 2.86. The minimum atomic E-state index is -0.176. The van der Waals surface area contributed by atoms with Gasteiger partial charge >= 0.3 is 0 Å². The third kappa shape index (κ3) is 1.49. The van der Waals surface area contributed by atoms with Crippen LogP contribution in [0.2, 0.25) is 0 Å². The molecule has 0 amide bonds. The Hall–Kier alpha value is -0.120. The topological polar surface area (TPSA) is 38.5 Å². The molecule has 2 bridgehead atoms. The van der Waals surface area contributed by atoms with E-state index < -0.39 is 0 Å². The average molecular weight is 170 g/mol. The number of fused-ring (bicyclic) bond motifs is 2. The molecule has 70 valence electrons. The maximum Gasteiger partial charge on any atom is 0.0708 e. The number of likely N-dealkylation sites (tertiary alicyclic amines) is 1. The Labute approximate surface area is 73.9 Å². The Morgan fingerprint density at radius 1 is 1.25 bits per heavy atom. The smallest absolute Gasteiger partial charge is 0.0708 e. The van der Waals surface area contributed by atoms with E-state index in [-0.39, 0.29) is 5.66 Å². The molecule has 2 rings (SSSR count). The zero-order chi connectivity index (χ0) is 8.77. The molecule has 2 aliphatic heterocycles. The highest BCUT2D eigenvalue weighted by molar-refractivity contribution is 4.89. The molecule has 0 spiro atoms. The molecule has 2 heterocycles. The number of morpholine rings is 1. The van der Waals surface area contributed by atoms with E-state index in [9.17, 15) is 0 Å². The lowest BCUT2D eigenvalue weighted by Gasteiger charge is -2.40. The van der Waals surface area contributed by atoms with Crippen LogP contribution in [-0.2, 0) is 4.74 Å². The summed E-state index contributed by atoms with van der Waals surface area (Å²) in [6, 6.07) is 0. The van der Waals surface area contributed by atoms with Gasteiger partial charge < -0.3 is 10.5 Å². The highest BCUT2D eigenvalue weighted by atomic mass is 16.5. The van der Waals surface area contributed by atoms with Gasteiger partial charge in [0.25, 0.3) is 0 Å². The van der Waals surface area contributed by atoms with Crippen LogP contribution in [0.3, 0.4) is 0 Å². The number of ether oxygens (including phenoxy) is 1. The van der Waals surface area contributed by atoms with Crippen LogP contribution >= 0.6 is 0 Å². The molecule has 2 aliphatic rings. The lowest BCUT2D eigenvalue weighted by Crippen LogP contribution is -2.57. The summed E-state index contributed by atoms with van der Waals surface area (Å²) in [5.74, 6) is 0. The van der Waals surface area contributed by atoms with Crippen LogP contribution in [0.15, 0.2) is 0 Å². The molecule has 3 nitrogen and oxygen atoms in total. The summed E-state index contributed by atoms with van der Waals surface area (Å²) >= 11 is 0. The maximum absolute atomic E-state index is 6.03. The van der Waals surface area contributed by atoms with Gasteiger partial charge in [-0.15, -0.1) is 0 Å². The Morgan fingerprint density at radius 2 is 1.75 bits per heavy atom. The minimum Gasteiger partial charge on any atom is -0.372 e. The van der Waals surface area contributed by atoms with E-state index in [2.05, 4.69) is 18.7 Å². The first-order valence-electron chi connectivity index (χ1n) is 4.75. The fourth-order valence-electron chi connectivity index (χ4n) is 2.09. The summed E-state index contributed by atoms with van der Waals surface area (Å²) in [6.07, 6.45) is 3.34. The second kappa shape index (κ2) is 2.69. The van der Waals surface area contributed by atoms with Crippen LogP contribution in [0.25, 0.3) is 0 Å². The lowest BCUT2D eigenvalue weighted by molar-refractivity contribution is -0.0694. The number of nitrogens with two attached hydrogens (primary N) is 1. The summed E-state index contributed by atoms with van der Waals surface area (Å²) in [5.41, 5.74) is 5.86. The zero-order valence-electron chi connectivity index (χ0n) is 7.92. The van der Waals surface area contributed by atoms with E-state index in [4.69, 9.17) is 10.5 Å². The Bertz CT molecular complexity index is 164. The number of rotatable bonds is 1. The molecule has 12 heavy (non-hydrogen) atoms. The summed E-state index contributed by atoms with van der Waals surface area (Å²) in [4.78, 5) is 2.33. The van der Waals surface area contributed by atoms with Gasteiger partial charge in [-0.3, -0.25) is 4.90 Å². The largest absolute Gasteiger partial charge is 0.372 e. The van der Waals surface area contributed by atoms with Gasteiger partial charge in [0, 0.05) is 13.1 Å². The van der Waals surface area contributed by atoms with Crippen molar-refractivity contribution >= 4 is 0 Å². The first-order valence-corrected chi connectivity index (χ1v) is 4.75. The number of hydrogen-bond acceptors (Lipinski definition) is 3. The fraction of sp³-hybridized carbons (Fsp3) is 1.00. The monoisotopic (exact) mass is 170 g/mol. The van der Waals surface area contributed by atoms with Crippen LogP contribution in [0.5, 0.6) is 0 Å². The SMILES string of the molecule is CC(C)(N)N1CC2CCC(C1)O2. The summed E-state index contributed by atoms with van der Waals surface area (Å²) in [6.45, 7) is 6.16. The van der Waals surface area contributed by atoms with Crippen LogP contribution in [-0.4, -0.2) is 35.9 Å².